The Morgan fingerprint density at radius 2 is 1.88 bits per heavy atom. The Kier molecular flexibility index (Phi) is 4.52. The maximum absolute atomic E-state index is 12.3. The normalized spacial score (nSPS) is 21.4. The van der Waals surface area contributed by atoms with Crippen LogP contribution in [0.5, 0.6) is 0 Å². The Hall–Kier alpha value is -2.81. The van der Waals surface area contributed by atoms with Crippen LogP contribution in [0, 0.1) is 0 Å². The van der Waals surface area contributed by atoms with Crippen molar-refractivity contribution < 1.29 is 14.4 Å². The van der Waals surface area contributed by atoms with Crippen molar-refractivity contribution in [2.24, 2.45) is 5.73 Å². The molecule has 3 rings (SSSR count). The third-order valence-corrected chi connectivity index (χ3v) is 4.08. The van der Waals surface area contributed by atoms with Crippen molar-refractivity contribution in [1.82, 2.24) is 15.5 Å². The number of benzene rings is 1. The Balaban J connectivity index is 1.53. The molecule has 0 radical (unpaired) electrons. The van der Waals surface area contributed by atoms with Crippen LogP contribution in [0.4, 0.5) is 21.0 Å². The molecular formula is C15H20N6O3. The van der Waals surface area contributed by atoms with E-state index in [1.54, 1.807) is 29.2 Å². The van der Waals surface area contributed by atoms with Gasteiger partial charge in [0.1, 0.15) is 6.04 Å². The number of nitrogens with two attached hydrogens (primary N) is 1. The molecule has 1 aromatic rings. The Bertz CT molecular complexity index is 647. The quantitative estimate of drug-likeness (QED) is 0.492. The molecule has 0 saturated carbocycles. The van der Waals surface area contributed by atoms with Gasteiger partial charge in [-0.15, -0.1) is 0 Å². The lowest BCUT2D eigenvalue weighted by molar-refractivity contribution is -0.132. The lowest BCUT2D eigenvalue weighted by atomic mass is 10.0. The van der Waals surface area contributed by atoms with E-state index >= 15 is 0 Å². The number of anilines is 2. The van der Waals surface area contributed by atoms with Crippen LogP contribution in [0.25, 0.3) is 0 Å². The predicted molar refractivity (Wildman–Crippen MR) is 88.6 cm³/mol. The van der Waals surface area contributed by atoms with E-state index in [9.17, 15) is 14.4 Å². The zero-order valence-electron chi connectivity index (χ0n) is 13.0. The van der Waals surface area contributed by atoms with Crippen LogP contribution in [-0.4, -0.2) is 54.6 Å². The van der Waals surface area contributed by atoms with Crippen molar-refractivity contribution in [3.63, 3.8) is 0 Å². The summed E-state index contributed by atoms with van der Waals surface area (Å²) in [7, 11) is 0. The third kappa shape index (κ3) is 3.25. The third-order valence-electron chi connectivity index (χ3n) is 4.08. The van der Waals surface area contributed by atoms with Gasteiger partial charge in [0.25, 0.3) is 0 Å². The van der Waals surface area contributed by atoms with Crippen LogP contribution in [-0.2, 0) is 4.79 Å². The highest BCUT2D eigenvalue weighted by atomic mass is 16.2. The SMILES string of the molecule is NCCNC(=O)Nc1ccc(NC(=O)N2CC[C@H]3NC(=O)[C@H]32)cc1. The van der Waals surface area contributed by atoms with Gasteiger partial charge in [-0.1, -0.05) is 0 Å². The molecule has 0 spiro atoms. The molecule has 2 fully saturated rings. The lowest BCUT2D eigenvalue weighted by Gasteiger charge is -2.35. The summed E-state index contributed by atoms with van der Waals surface area (Å²) in [5, 5.41) is 10.8. The topological polar surface area (TPSA) is 129 Å². The zero-order chi connectivity index (χ0) is 17.1. The molecule has 6 N–H and O–H groups in total. The summed E-state index contributed by atoms with van der Waals surface area (Å²) in [6, 6.07) is 5.84. The Morgan fingerprint density at radius 1 is 1.21 bits per heavy atom. The molecule has 128 valence electrons. The van der Waals surface area contributed by atoms with Crippen LogP contribution >= 0.6 is 0 Å². The highest BCUT2D eigenvalue weighted by molar-refractivity contribution is 5.98. The number of nitrogens with zero attached hydrogens (tertiary/aromatic N) is 1. The highest BCUT2D eigenvalue weighted by Crippen LogP contribution is 2.26. The summed E-state index contributed by atoms with van der Waals surface area (Å²) in [5.41, 5.74) is 6.50. The lowest BCUT2D eigenvalue weighted by Crippen LogP contribution is -2.65. The number of rotatable bonds is 4. The van der Waals surface area contributed by atoms with Gasteiger partial charge in [-0.05, 0) is 30.7 Å². The summed E-state index contributed by atoms with van der Waals surface area (Å²) >= 11 is 0. The highest BCUT2D eigenvalue weighted by Gasteiger charge is 2.49. The first-order valence-electron chi connectivity index (χ1n) is 7.81. The number of likely N-dealkylation sites (tertiary alicyclic amines) is 1. The molecule has 24 heavy (non-hydrogen) atoms. The molecule has 0 bridgehead atoms. The van der Waals surface area contributed by atoms with Gasteiger partial charge in [-0.3, -0.25) is 4.79 Å². The van der Waals surface area contributed by atoms with Crippen molar-refractivity contribution in [2.45, 2.75) is 18.5 Å². The van der Waals surface area contributed by atoms with Crippen LogP contribution in [0.15, 0.2) is 24.3 Å². The number of β-lactam (4-membered cyclic amide) rings is 1. The van der Waals surface area contributed by atoms with Crippen LogP contribution in [0.1, 0.15) is 6.42 Å². The van der Waals surface area contributed by atoms with E-state index in [0.717, 1.165) is 6.42 Å². The molecule has 2 aliphatic heterocycles. The molecule has 9 nitrogen and oxygen atoms in total. The summed E-state index contributed by atoms with van der Waals surface area (Å²) < 4.78 is 0. The predicted octanol–water partition coefficient (Wildman–Crippen LogP) is -0.129. The first kappa shape index (κ1) is 16.1. The van der Waals surface area contributed by atoms with Gasteiger partial charge in [0.05, 0.1) is 6.04 Å². The zero-order valence-corrected chi connectivity index (χ0v) is 13.0. The van der Waals surface area contributed by atoms with Gasteiger partial charge in [0.15, 0.2) is 0 Å². The van der Waals surface area contributed by atoms with E-state index in [2.05, 4.69) is 21.3 Å². The molecule has 9 heteroatoms. The molecule has 0 aromatic heterocycles. The van der Waals surface area contributed by atoms with E-state index in [1.165, 1.54) is 0 Å². The van der Waals surface area contributed by atoms with E-state index in [0.29, 0.717) is 31.0 Å². The standard InChI is InChI=1S/C15H20N6O3/c16-6-7-17-14(23)18-9-1-3-10(4-2-9)19-15(24)21-8-5-11-12(21)13(22)20-11/h1-4,11-12H,5-8,16H2,(H,19,24)(H,20,22)(H2,17,18,23)/t11-,12+/m1/s1. The fourth-order valence-corrected chi connectivity index (χ4v) is 2.86. The molecule has 0 unspecified atom stereocenters. The number of hydrogen-bond donors (Lipinski definition) is 5. The maximum atomic E-state index is 12.3. The summed E-state index contributed by atoms with van der Waals surface area (Å²) in [6.07, 6.45) is 0.782. The van der Waals surface area contributed by atoms with Gasteiger partial charge in [0, 0.05) is 31.0 Å². The number of amides is 5. The van der Waals surface area contributed by atoms with E-state index < -0.39 is 0 Å². The van der Waals surface area contributed by atoms with Gasteiger partial charge < -0.3 is 31.9 Å². The smallest absolute Gasteiger partial charge is 0.322 e. The molecular weight excluding hydrogens is 312 g/mol. The fourth-order valence-electron chi connectivity index (χ4n) is 2.86. The minimum atomic E-state index is -0.350. The van der Waals surface area contributed by atoms with Crippen LogP contribution in [0.2, 0.25) is 0 Å². The van der Waals surface area contributed by atoms with E-state index in [4.69, 9.17) is 5.73 Å². The summed E-state index contributed by atoms with van der Waals surface area (Å²) in [5.74, 6) is -0.101. The first-order chi connectivity index (χ1) is 11.6. The number of fused-ring (bicyclic) bond motifs is 1. The number of carbonyl (C=O) groups excluding carboxylic acids is 3. The van der Waals surface area contributed by atoms with Crippen molar-refractivity contribution in [3.8, 4) is 0 Å². The second-order valence-electron chi connectivity index (χ2n) is 5.72. The second-order valence-corrected chi connectivity index (χ2v) is 5.72. The average molecular weight is 332 g/mol. The van der Waals surface area contributed by atoms with E-state index in [1.807, 2.05) is 0 Å². The van der Waals surface area contributed by atoms with Gasteiger partial charge in [0.2, 0.25) is 5.91 Å². The number of urea groups is 2. The average Bonchev–Trinajstić information content (AvgIpc) is 2.91. The van der Waals surface area contributed by atoms with Crippen LogP contribution in [0.3, 0.4) is 0 Å². The van der Waals surface area contributed by atoms with Crippen molar-refractivity contribution in [3.05, 3.63) is 24.3 Å². The molecule has 2 heterocycles. The van der Waals surface area contributed by atoms with Crippen molar-refractivity contribution in [1.29, 1.82) is 0 Å². The first-order valence-corrected chi connectivity index (χ1v) is 7.81. The number of carbonyl (C=O) groups is 3. The van der Waals surface area contributed by atoms with Gasteiger partial charge in [-0.25, -0.2) is 9.59 Å². The van der Waals surface area contributed by atoms with Gasteiger partial charge in [-0.2, -0.15) is 0 Å². The number of nitrogens with one attached hydrogen (secondary N) is 4. The molecule has 2 atom stereocenters. The molecule has 1 aromatic carbocycles. The van der Waals surface area contributed by atoms with Crippen molar-refractivity contribution >= 4 is 29.3 Å². The monoisotopic (exact) mass is 332 g/mol. The number of hydrogen-bond acceptors (Lipinski definition) is 4. The Labute approximate surface area is 138 Å². The summed E-state index contributed by atoms with van der Waals surface area (Å²) in [4.78, 5) is 36.9. The maximum Gasteiger partial charge on any atom is 0.322 e. The molecule has 2 saturated heterocycles. The minimum absolute atomic E-state index is 0.0851. The molecule has 2 aliphatic rings. The van der Waals surface area contributed by atoms with Crippen molar-refractivity contribution in [2.75, 3.05) is 30.3 Å². The summed E-state index contributed by atoms with van der Waals surface area (Å²) in [6.45, 7) is 1.32. The molecule has 0 aliphatic carbocycles. The van der Waals surface area contributed by atoms with Crippen LogP contribution < -0.4 is 27.0 Å². The van der Waals surface area contributed by atoms with E-state index in [-0.39, 0.29) is 30.1 Å². The second kappa shape index (κ2) is 6.75. The largest absolute Gasteiger partial charge is 0.349 e. The Morgan fingerprint density at radius 3 is 2.50 bits per heavy atom. The molecule has 5 amide bonds. The minimum Gasteiger partial charge on any atom is -0.349 e. The van der Waals surface area contributed by atoms with Gasteiger partial charge >= 0.3 is 12.1 Å². The fraction of sp³-hybridized carbons (Fsp3) is 0.400.